The monoisotopic (exact) mass is 328 g/mol. The first kappa shape index (κ1) is 16.1. The lowest BCUT2D eigenvalue weighted by Crippen LogP contribution is -2.35. The number of ether oxygens (including phenoxy) is 1. The van der Waals surface area contributed by atoms with Crippen LogP contribution in [-0.4, -0.2) is 61.1 Å². The van der Waals surface area contributed by atoms with Crippen LogP contribution in [0.4, 0.5) is 0 Å². The topological polar surface area (TPSA) is 32.8 Å². The highest BCUT2D eigenvalue weighted by Gasteiger charge is 2.45. The first-order chi connectivity index (χ1) is 11.7. The van der Waals surface area contributed by atoms with Crippen molar-refractivity contribution in [1.29, 1.82) is 0 Å². The van der Waals surface area contributed by atoms with Gasteiger partial charge in [-0.1, -0.05) is 29.8 Å². The largest absolute Gasteiger partial charge is 0.376 e. The predicted octanol–water partition coefficient (Wildman–Crippen LogP) is 2.11. The maximum absolute atomic E-state index is 12.6. The van der Waals surface area contributed by atoms with E-state index in [4.69, 9.17) is 4.74 Å². The molecule has 1 amide bonds. The van der Waals surface area contributed by atoms with Gasteiger partial charge in [-0.25, -0.2) is 0 Å². The summed E-state index contributed by atoms with van der Waals surface area (Å²) < 4.78 is 6.03. The van der Waals surface area contributed by atoms with Crippen LogP contribution in [-0.2, 0) is 16.0 Å². The van der Waals surface area contributed by atoms with Gasteiger partial charge in [0.05, 0.1) is 19.1 Å². The first-order valence-corrected chi connectivity index (χ1v) is 9.36. The van der Waals surface area contributed by atoms with Gasteiger partial charge in [0.1, 0.15) is 0 Å². The van der Waals surface area contributed by atoms with E-state index in [1.165, 1.54) is 31.5 Å². The molecule has 4 heteroatoms. The van der Waals surface area contributed by atoms with E-state index in [-0.39, 0.29) is 12.0 Å². The van der Waals surface area contributed by atoms with Crippen LogP contribution in [0.5, 0.6) is 0 Å². The van der Waals surface area contributed by atoms with Gasteiger partial charge in [0.15, 0.2) is 0 Å². The molecule has 1 aromatic carbocycles. The first-order valence-electron chi connectivity index (χ1n) is 9.36. The smallest absolute Gasteiger partial charge is 0.227 e. The number of fused-ring (bicyclic) bond motifs is 1. The second-order valence-corrected chi connectivity index (χ2v) is 7.76. The van der Waals surface area contributed by atoms with Gasteiger partial charge in [-0.2, -0.15) is 0 Å². The molecule has 0 radical (unpaired) electrons. The molecule has 0 spiro atoms. The van der Waals surface area contributed by atoms with Crippen LogP contribution in [0.3, 0.4) is 0 Å². The van der Waals surface area contributed by atoms with E-state index in [0.29, 0.717) is 18.3 Å². The molecule has 3 heterocycles. The van der Waals surface area contributed by atoms with Crippen molar-refractivity contribution in [3.8, 4) is 0 Å². The van der Waals surface area contributed by atoms with Crippen LogP contribution in [0.1, 0.15) is 24.0 Å². The number of rotatable bonds is 4. The molecule has 0 saturated carbocycles. The summed E-state index contributed by atoms with van der Waals surface area (Å²) in [5, 5.41) is 0. The highest BCUT2D eigenvalue weighted by atomic mass is 16.5. The molecule has 3 saturated heterocycles. The number of carbonyl (C=O) groups is 1. The molecular formula is C20H28N2O2. The minimum atomic E-state index is 0.247. The highest BCUT2D eigenvalue weighted by molar-refractivity contribution is 5.79. The lowest BCUT2D eigenvalue weighted by Gasteiger charge is -2.24. The Morgan fingerprint density at radius 1 is 1.17 bits per heavy atom. The van der Waals surface area contributed by atoms with Crippen LogP contribution in [0, 0.1) is 18.8 Å². The molecule has 3 fully saturated rings. The molecule has 3 aliphatic rings. The van der Waals surface area contributed by atoms with E-state index in [1.54, 1.807) is 0 Å². The predicted molar refractivity (Wildman–Crippen MR) is 93.9 cm³/mol. The molecule has 130 valence electrons. The zero-order chi connectivity index (χ0) is 16.5. The molecular weight excluding hydrogens is 300 g/mol. The van der Waals surface area contributed by atoms with Gasteiger partial charge in [0.25, 0.3) is 0 Å². The summed E-state index contributed by atoms with van der Waals surface area (Å²) in [6.07, 6.45) is 3.45. The molecule has 0 N–H and O–H groups in total. The van der Waals surface area contributed by atoms with Crippen molar-refractivity contribution in [3.63, 3.8) is 0 Å². The maximum Gasteiger partial charge on any atom is 0.227 e. The molecule has 24 heavy (non-hydrogen) atoms. The zero-order valence-electron chi connectivity index (χ0n) is 14.6. The summed E-state index contributed by atoms with van der Waals surface area (Å²) in [7, 11) is 0. The number of amides is 1. The van der Waals surface area contributed by atoms with E-state index in [1.807, 2.05) is 4.90 Å². The van der Waals surface area contributed by atoms with Crippen molar-refractivity contribution in [1.82, 2.24) is 9.80 Å². The number of likely N-dealkylation sites (tertiary alicyclic amines) is 2. The Bertz CT molecular complexity index is 580. The van der Waals surface area contributed by atoms with E-state index >= 15 is 0 Å². The third-order valence-corrected chi connectivity index (χ3v) is 5.96. The molecule has 1 aromatic rings. The van der Waals surface area contributed by atoms with E-state index < -0.39 is 0 Å². The number of aryl methyl sites for hydroxylation is 1. The minimum Gasteiger partial charge on any atom is -0.376 e. The lowest BCUT2D eigenvalue weighted by atomic mass is 9.93. The summed E-state index contributed by atoms with van der Waals surface area (Å²) in [5.41, 5.74) is 2.34. The summed E-state index contributed by atoms with van der Waals surface area (Å²) in [6.45, 7) is 8.26. The second-order valence-electron chi connectivity index (χ2n) is 7.76. The van der Waals surface area contributed by atoms with Crippen LogP contribution in [0.2, 0.25) is 0 Å². The maximum atomic E-state index is 12.6. The molecule has 0 unspecified atom stereocenters. The number of hydrogen-bond donors (Lipinski definition) is 0. The Kier molecular flexibility index (Phi) is 4.59. The molecule has 3 atom stereocenters. The summed E-state index contributed by atoms with van der Waals surface area (Å²) >= 11 is 0. The summed E-state index contributed by atoms with van der Waals surface area (Å²) in [4.78, 5) is 17.3. The zero-order valence-corrected chi connectivity index (χ0v) is 14.6. The van der Waals surface area contributed by atoms with Crippen LogP contribution >= 0.6 is 0 Å². The van der Waals surface area contributed by atoms with Gasteiger partial charge >= 0.3 is 0 Å². The lowest BCUT2D eigenvalue weighted by molar-refractivity contribution is -0.130. The van der Waals surface area contributed by atoms with E-state index in [0.717, 1.165) is 31.8 Å². The van der Waals surface area contributed by atoms with Crippen molar-refractivity contribution < 1.29 is 9.53 Å². The molecule has 3 aliphatic heterocycles. The Morgan fingerprint density at radius 2 is 1.92 bits per heavy atom. The SMILES string of the molecule is Cc1ccc(CC(=O)N2C[C@H]3[C@@H](CN4CCCC4)CO[C@H]3C2)cc1. The van der Waals surface area contributed by atoms with Gasteiger partial charge in [-0.3, -0.25) is 4.79 Å². The van der Waals surface area contributed by atoms with Gasteiger partial charge < -0.3 is 14.5 Å². The highest BCUT2D eigenvalue weighted by Crippen LogP contribution is 2.34. The van der Waals surface area contributed by atoms with Gasteiger partial charge in [-0.05, 0) is 38.4 Å². The number of nitrogens with zero attached hydrogens (tertiary/aromatic N) is 2. The quantitative estimate of drug-likeness (QED) is 0.849. The van der Waals surface area contributed by atoms with E-state index in [9.17, 15) is 4.79 Å². The fourth-order valence-corrected chi connectivity index (χ4v) is 4.48. The number of benzene rings is 1. The van der Waals surface area contributed by atoms with Crippen molar-refractivity contribution in [2.24, 2.45) is 11.8 Å². The Labute approximate surface area is 144 Å². The Morgan fingerprint density at radius 3 is 2.67 bits per heavy atom. The Balaban J connectivity index is 1.33. The van der Waals surface area contributed by atoms with Crippen molar-refractivity contribution >= 4 is 5.91 Å². The van der Waals surface area contributed by atoms with Gasteiger partial charge in [-0.15, -0.1) is 0 Å². The molecule has 4 rings (SSSR count). The van der Waals surface area contributed by atoms with Crippen molar-refractivity contribution in [2.75, 3.05) is 39.3 Å². The summed E-state index contributed by atoms with van der Waals surface area (Å²) in [6, 6.07) is 8.29. The van der Waals surface area contributed by atoms with Gasteiger partial charge in [0, 0.05) is 31.5 Å². The van der Waals surface area contributed by atoms with Crippen molar-refractivity contribution in [3.05, 3.63) is 35.4 Å². The van der Waals surface area contributed by atoms with Crippen molar-refractivity contribution in [2.45, 2.75) is 32.3 Å². The molecule has 4 nitrogen and oxygen atoms in total. The number of hydrogen-bond acceptors (Lipinski definition) is 3. The fraction of sp³-hybridized carbons (Fsp3) is 0.650. The normalized spacial score (nSPS) is 30.0. The third-order valence-electron chi connectivity index (χ3n) is 5.96. The van der Waals surface area contributed by atoms with Crippen LogP contribution in [0.25, 0.3) is 0 Å². The summed E-state index contributed by atoms with van der Waals surface area (Å²) in [5.74, 6) is 1.38. The van der Waals surface area contributed by atoms with Gasteiger partial charge in [0.2, 0.25) is 5.91 Å². The van der Waals surface area contributed by atoms with E-state index in [2.05, 4.69) is 36.1 Å². The van der Waals surface area contributed by atoms with Crippen LogP contribution < -0.4 is 0 Å². The molecule has 0 aliphatic carbocycles. The molecule has 0 bridgehead atoms. The standard InChI is InChI=1S/C20H28N2O2/c1-15-4-6-16(7-5-15)10-20(23)22-12-18-17(14-24-19(18)13-22)11-21-8-2-3-9-21/h4-7,17-19H,2-3,8-14H2,1H3/t17-,18-,19-/m0/s1. The minimum absolute atomic E-state index is 0.247. The fourth-order valence-electron chi connectivity index (χ4n) is 4.48. The Hall–Kier alpha value is -1.39. The number of carbonyl (C=O) groups excluding carboxylic acids is 1. The second kappa shape index (κ2) is 6.85. The molecule has 0 aromatic heterocycles. The third kappa shape index (κ3) is 3.35. The van der Waals surface area contributed by atoms with Crippen LogP contribution in [0.15, 0.2) is 24.3 Å². The average Bonchev–Trinajstić information content (AvgIpc) is 3.28. The average molecular weight is 328 g/mol.